The van der Waals surface area contributed by atoms with Gasteiger partial charge in [-0.1, -0.05) is 65.8 Å². The fraction of sp³-hybridized carbons (Fsp3) is 0.174. The molecule has 0 N–H and O–H groups in total. The molecule has 4 aromatic carbocycles. The topological polar surface area (TPSA) is 402 Å². The van der Waals surface area contributed by atoms with Gasteiger partial charge in [-0.15, -0.1) is 0 Å². The van der Waals surface area contributed by atoms with Gasteiger partial charge in [0.2, 0.25) is 23.5 Å². The molecule has 0 aliphatic carbocycles. The van der Waals surface area contributed by atoms with Gasteiger partial charge in [0.15, 0.2) is 36.7 Å². The number of aromatic nitrogens is 21. The van der Waals surface area contributed by atoms with Gasteiger partial charge >= 0.3 is 49.8 Å². The van der Waals surface area contributed by atoms with Crippen LogP contribution in [-0.2, 0) is 32.7 Å². The van der Waals surface area contributed by atoms with Gasteiger partial charge in [0.05, 0.1) is 47.3 Å². The number of benzene rings is 4. The number of fused-ring (bicyclic) bond motifs is 2. The Morgan fingerprint density at radius 2 is 0.716 bits per heavy atom. The quantitative estimate of drug-likeness (QED) is 0.0480. The molecule has 0 radical (unpaired) electrons. The number of alkyl halides is 13. The van der Waals surface area contributed by atoms with Crippen LogP contribution in [0, 0.1) is 19.7 Å². The molecule has 13 heterocycles. The first-order chi connectivity index (χ1) is 64.1. The van der Waals surface area contributed by atoms with Crippen LogP contribution in [0.25, 0.3) is 78.5 Å². The van der Waals surface area contributed by atoms with E-state index < -0.39 is 75.4 Å². The number of aryl methyl sites for hydroxylation is 2. The summed E-state index contributed by atoms with van der Waals surface area (Å²) in [4.78, 5) is 98.8. The first kappa shape index (κ1) is 94.6. The highest BCUT2D eigenvalue weighted by Crippen LogP contribution is 2.27. The summed E-state index contributed by atoms with van der Waals surface area (Å²) in [6.45, 7) is -6.10. The van der Waals surface area contributed by atoms with E-state index in [1.807, 2.05) is 61.5 Å². The summed E-state index contributed by atoms with van der Waals surface area (Å²) >= 11 is 0. The maximum absolute atomic E-state index is 13.3. The lowest BCUT2D eigenvalue weighted by atomic mass is 10.2. The van der Waals surface area contributed by atoms with Crippen LogP contribution in [0.15, 0.2) is 275 Å². The molecule has 34 nitrogen and oxygen atoms in total. The maximum Gasteiger partial charge on any atom is 0.422 e. The number of para-hydroxylation sites is 2. The van der Waals surface area contributed by atoms with E-state index in [1.165, 1.54) is 153 Å². The van der Waals surface area contributed by atoms with Crippen molar-refractivity contribution in [3.05, 3.63) is 335 Å². The Morgan fingerprint density at radius 1 is 0.351 bits per heavy atom. The fourth-order valence-corrected chi connectivity index (χ4v) is 11.6. The van der Waals surface area contributed by atoms with E-state index in [1.54, 1.807) is 55.5 Å². The van der Waals surface area contributed by atoms with Crippen molar-refractivity contribution in [1.29, 1.82) is 0 Å². The molecule has 0 spiro atoms. The molecule has 0 saturated heterocycles. The first-order valence-electron chi connectivity index (χ1n) is 38.8. The second-order valence-electron chi connectivity index (χ2n) is 27.8. The first-order valence-corrected chi connectivity index (χ1v) is 38.8. The Labute approximate surface area is 741 Å². The Kier molecular flexibility index (Phi) is 30.3. The SMILES string of the molecule is Cc1cc(Cn2nc(-c3cnc(OCC(F)(F)F)nc3)ccc2=O)on1.Cc1ccc2oc(Cn3nc(-c4cnc(OCC(F)(F)F)nc4)ccc3=O)nc2c1.O=c1ccc(-c2ccc(OC(F)F)nc2)nn1Cc1cccc(F)c1.O=c1ccc(-c2ccc(OC(F)F)nc2)nn1Cc1ccccc1.O=c1ccc(-c2cnc(OCC(F)(F)F)nc2)nn1Cc1nc2ccccc2o1. The predicted molar refractivity (Wildman–Crippen MR) is 442 cm³/mol. The second-order valence-corrected chi connectivity index (χ2v) is 27.8. The lowest BCUT2D eigenvalue weighted by Gasteiger charge is -2.08. The Hall–Kier alpha value is -17.0. The van der Waals surface area contributed by atoms with E-state index in [2.05, 4.69) is 104 Å². The van der Waals surface area contributed by atoms with Crippen LogP contribution in [0.3, 0.4) is 0 Å². The Bertz CT molecular complexity index is 7120. The largest absolute Gasteiger partial charge is 0.454 e. The highest BCUT2D eigenvalue weighted by molar-refractivity contribution is 5.74. The zero-order valence-corrected chi connectivity index (χ0v) is 68.8. The van der Waals surface area contributed by atoms with E-state index >= 15 is 0 Å². The number of oxazole rings is 2. The van der Waals surface area contributed by atoms with E-state index in [-0.39, 0.29) is 65.7 Å². The van der Waals surface area contributed by atoms with Crippen molar-refractivity contribution < 1.29 is 98.5 Å². The molecule has 134 heavy (non-hydrogen) atoms. The van der Waals surface area contributed by atoms with E-state index in [0.717, 1.165) is 15.8 Å². The predicted octanol–water partition coefficient (Wildman–Crippen LogP) is 14.0. The number of hydrogen-bond donors (Lipinski definition) is 0. The van der Waals surface area contributed by atoms with E-state index in [0.29, 0.717) is 114 Å². The van der Waals surface area contributed by atoms with Gasteiger partial charge in [-0.05, 0) is 109 Å². The van der Waals surface area contributed by atoms with Gasteiger partial charge in [0, 0.05) is 126 Å². The molecule has 17 aromatic rings. The number of ether oxygens (including phenoxy) is 5. The van der Waals surface area contributed by atoms with Crippen LogP contribution in [0.2, 0.25) is 0 Å². The van der Waals surface area contributed by atoms with Gasteiger partial charge < -0.3 is 37.0 Å². The van der Waals surface area contributed by atoms with Crippen molar-refractivity contribution in [3.63, 3.8) is 0 Å². The molecule has 0 aliphatic rings. The van der Waals surface area contributed by atoms with Crippen LogP contribution in [0.1, 0.15) is 39.9 Å². The van der Waals surface area contributed by atoms with Crippen LogP contribution in [0.5, 0.6) is 29.8 Å². The molecule has 0 fully saturated rings. The minimum atomic E-state index is -4.48. The zero-order chi connectivity index (χ0) is 95.2. The maximum atomic E-state index is 13.3. The molecule has 17 rings (SSSR count). The van der Waals surface area contributed by atoms with Crippen molar-refractivity contribution in [1.82, 2.24) is 104 Å². The smallest absolute Gasteiger partial charge is 0.422 e. The molecule has 0 atom stereocenters. The highest BCUT2D eigenvalue weighted by Gasteiger charge is 2.31. The molecule has 0 aliphatic heterocycles. The molecule has 0 amide bonds. The third kappa shape index (κ3) is 28.0. The second kappa shape index (κ2) is 42.9. The summed E-state index contributed by atoms with van der Waals surface area (Å²) in [5, 5.41) is 24.9. The number of rotatable bonds is 25. The zero-order valence-electron chi connectivity index (χ0n) is 68.8. The van der Waals surface area contributed by atoms with Crippen molar-refractivity contribution in [3.8, 4) is 86.1 Å². The highest BCUT2D eigenvalue weighted by atomic mass is 19.4. The van der Waals surface area contributed by atoms with Gasteiger partial charge in [-0.25, -0.2) is 77.6 Å². The minimum Gasteiger partial charge on any atom is -0.454 e. The summed E-state index contributed by atoms with van der Waals surface area (Å²) in [5.74, 6) is 0.291. The molecular weight excluding hydrogens is 1800 g/mol. The normalized spacial score (nSPS) is 11.4. The summed E-state index contributed by atoms with van der Waals surface area (Å²) < 4.78 is 215. The fourth-order valence-electron chi connectivity index (χ4n) is 11.6. The van der Waals surface area contributed by atoms with Gasteiger partial charge in [-0.3, -0.25) is 24.0 Å². The third-order valence-corrected chi connectivity index (χ3v) is 17.6. The molecule has 48 heteroatoms. The van der Waals surface area contributed by atoms with Crippen LogP contribution in [-0.4, -0.2) is 155 Å². The average Bonchev–Trinajstić information content (AvgIpc) is 1.68. The molecule has 13 aromatic heterocycles. The van der Waals surface area contributed by atoms with Crippen molar-refractivity contribution >= 4 is 22.2 Å². The van der Waals surface area contributed by atoms with Crippen molar-refractivity contribution in [2.24, 2.45) is 0 Å². The monoisotopic (exact) mass is 1860 g/mol. The van der Waals surface area contributed by atoms with Gasteiger partial charge in [0.25, 0.3) is 27.8 Å². The minimum absolute atomic E-state index is 0.00797. The lowest BCUT2D eigenvalue weighted by Crippen LogP contribution is -2.23. The number of pyridine rings is 2. The van der Waals surface area contributed by atoms with Crippen molar-refractivity contribution in [2.45, 2.75) is 78.3 Å². The summed E-state index contributed by atoms with van der Waals surface area (Å²) in [5.41, 5.74) is 8.42. The van der Waals surface area contributed by atoms with E-state index in [9.17, 15) is 85.4 Å². The summed E-state index contributed by atoms with van der Waals surface area (Å²) in [7, 11) is 0. The Morgan fingerprint density at radius 3 is 1.10 bits per heavy atom. The Balaban J connectivity index is 0.000000142. The molecule has 0 saturated carbocycles. The van der Waals surface area contributed by atoms with Crippen molar-refractivity contribution in [2.75, 3.05) is 19.8 Å². The average molecular weight is 1860 g/mol. The number of nitrogens with zero attached hydrogens (tertiary/aromatic N) is 21. The molecule has 688 valence electrons. The van der Waals surface area contributed by atoms with Crippen LogP contribution < -0.4 is 51.5 Å². The van der Waals surface area contributed by atoms with Gasteiger partial charge in [-0.2, -0.15) is 82.6 Å². The van der Waals surface area contributed by atoms with Gasteiger partial charge in [0.1, 0.15) is 36.5 Å². The third-order valence-electron chi connectivity index (χ3n) is 17.6. The number of hydrogen-bond acceptors (Lipinski definition) is 29. The number of halogens is 14. The standard InChI is InChI=1S/C19H14F3N5O3.C18H12F3N5O3.C17H12F3N3O2.C17H13F2N3O2.C15H12F3N5O3/c1-11-2-4-15-14(6-11)25-16(30-15)9-27-17(28)5-3-13(26-27)12-7-23-18(24-8-12)29-10-19(20,21)22;19-18(20,21)10-28-17-22-7-11(8-23-17)12-5-6-16(27)26(25-12)9-15-24-13-3-1-2-4-14(13)29-15;18-13-3-1-2-11(8-13)10-23-16(24)7-5-14(22-23)12-4-6-15(21-9-12)25-17(19)20;18-17(19)24-15-8-6-13(10-20-15)14-7-9-16(23)22(21-14)11-12-4-2-1-3-5-12;1-9-4-11(26-22-9)7-23-13(24)3-2-12(21-23)10-5-19-14(20-6-10)25-8-15(16,17)18/h2-8H,9-10H2,1H3;1-8H,9-10H2;1-9,17H,10H2;1-10,17H,11H2;2-6H,7-8H2,1H3. The molecule has 0 bridgehead atoms. The summed E-state index contributed by atoms with van der Waals surface area (Å²) in [6, 6.07) is 48.3. The van der Waals surface area contributed by atoms with Crippen LogP contribution in [0.4, 0.5) is 61.5 Å². The summed E-state index contributed by atoms with van der Waals surface area (Å²) in [6.07, 6.45) is -3.19. The molecule has 0 unspecified atom stereocenters. The lowest BCUT2D eigenvalue weighted by molar-refractivity contribution is -0.155. The van der Waals surface area contributed by atoms with Crippen LogP contribution >= 0.6 is 0 Å². The van der Waals surface area contributed by atoms with E-state index in [4.69, 9.17) is 13.4 Å². The molecular formula is C86H63F14N21O13.